The molecule has 0 spiro atoms. The molecule has 6 nitrogen and oxygen atoms in total. The second-order valence-corrected chi connectivity index (χ2v) is 4.22. The van der Waals surface area contributed by atoms with Crippen molar-refractivity contribution in [2.24, 2.45) is 0 Å². The third kappa shape index (κ3) is 3.30. The lowest BCUT2D eigenvalue weighted by atomic mass is 10.3. The van der Waals surface area contributed by atoms with Crippen LogP contribution in [0.3, 0.4) is 0 Å². The summed E-state index contributed by atoms with van der Waals surface area (Å²) in [7, 11) is 0. The average molecular weight is 263 g/mol. The van der Waals surface area contributed by atoms with Gasteiger partial charge in [-0.15, -0.1) is 0 Å². The quantitative estimate of drug-likeness (QED) is 0.764. The maximum atomic E-state index is 11.5. The zero-order chi connectivity index (χ0) is 13.8. The summed E-state index contributed by atoms with van der Waals surface area (Å²) in [6.45, 7) is 4.02. The molecule has 6 heteroatoms. The SMILES string of the molecule is CCOCC(=O)Nc1ccc2nc(C(C)O)[nH]c2c1. The van der Waals surface area contributed by atoms with E-state index in [0.717, 1.165) is 11.0 Å². The molecule has 1 atom stereocenters. The maximum Gasteiger partial charge on any atom is 0.250 e. The van der Waals surface area contributed by atoms with Crippen LogP contribution < -0.4 is 5.32 Å². The van der Waals surface area contributed by atoms with Crippen molar-refractivity contribution in [3.8, 4) is 0 Å². The summed E-state index contributed by atoms with van der Waals surface area (Å²) in [6.07, 6.45) is -0.650. The van der Waals surface area contributed by atoms with Crippen LogP contribution in [0.15, 0.2) is 18.2 Å². The molecule has 1 amide bonds. The van der Waals surface area contributed by atoms with E-state index >= 15 is 0 Å². The summed E-state index contributed by atoms with van der Waals surface area (Å²) in [4.78, 5) is 18.8. The van der Waals surface area contributed by atoms with Crippen LogP contribution in [-0.4, -0.2) is 34.2 Å². The smallest absolute Gasteiger partial charge is 0.250 e. The largest absolute Gasteiger partial charge is 0.385 e. The topological polar surface area (TPSA) is 87.2 Å². The van der Waals surface area contributed by atoms with E-state index in [9.17, 15) is 9.90 Å². The molecule has 0 aliphatic carbocycles. The van der Waals surface area contributed by atoms with Crippen molar-refractivity contribution in [1.82, 2.24) is 9.97 Å². The van der Waals surface area contributed by atoms with Crippen LogP contribution in [0.1, 0.15) is 25.8 Å². The number of fused-ring (bicyclic) bond motifs is 1. The van der Waals surface area contributed by atoms with Crippen molar-refractivity contribution in [2.75, 3.05) is 18.5 Å². The average Bonchev–Trinajstić information content (AvgIpc) is 2.79. The minimum Gasteiger partial charge on any atom is -0.385 e. The molecule has 0 aliphatic heterocycles. The fraction of sp³-hybridized carbons (Fsp3) is 0.385. The molecule has 0 aliphatic rings. The number of hydrogen-bond donors (Lipinski definition) is 3. The summed E-state index contributed by atoms with van der Waals surface area (Å²) < 4.78 is 5.03. The second kappa shape index (κ2) is 5.81. The van der Waals surface area contributed by atoms with Gasteiger partial charge in [0.05, 0.1) is 11.0 Å². The third-order valence-corrected chi connectivity index (χ3v) is 2.62. The van der Waals surface area contributed by atoms with Gasteiger partial charge in [-0.2, -0.15) is 0 Å². The summed E-state index contributed by atoms with van der Waals surface area (Å²) in [6, 6.07) is 5.32. The first kappa shape index (κ1) is 13.5. The van der Waals surface area contributed by atoms with Crippen molar-refractivity contribution in [1.29, 1.82) is 0 Å². The Morgan fingerprint density at radius 2 is 2.37 bits per heavy atom. The zero-order valence-electron chi connectivity index (χ0n) is 10.9. The number of nitrogens with one attached hydrogen (secondary N) is 2. The fourth-order valence-electron chi connectivity index (χ4n) is 1.70. The molecular weight excluding hydrogens is 246 g/mol. The van der Waals surface area contributed by atoms with Crippen LogP contribution in [-0.2, 0) is 9.53 Å². The molecule has 0 saturated heterocycles. The van der Waals surface area contributed by atoms with E-state index < -0.39 is 6.10 Å². The van der Waals surface area contributed by atoms with Crippen LogP contribution in [0.2, 0.25) is 0 Å². The highest BCUT2D eigenvalue weighted by Gasteiger charge is 2.09. The molecule has 1 aromatic carbocycles. The van der Waals surface area contributed by atoms with Gasteiger partial charge in [0.2, 0.25) is 5.91 Å². The van der Waals surface area contributed by atoms with E-state index in [2.05, 4.69) is 15.3 Å². The van der Waals surface area contributed by atoms with Crippen molar-refractivity contribution in [3.05, 3.63) is 24.0 Å². The first-order chi connectivity index (χ1) is 9.10. The van der Waals surface area contributed by atoms with Gasteiger partial charge in [0, 0.05) is 12.3 Å². The minimum atomic E-state index is -0.650. The maximum absolute atomic E-state index is 11.5. The number of carbonyl (C=O) groups excluding carboxylic acids is 1. The molecule has 0 saturated carbocycles. The Balaban J connectivity index is 2.14. The van der Waals surface area contributed by atoms with E-state index in [4.69, 9.17) is 4.74 Å². The predicted molar refractivity (Wildman–Crippen MR) is 71.9 cm³/mol. The Morgan fingerprint density at radius 1 is 1.58 bits per heavy atom. The zero-order valence-corrected chi connectivity index (χ0v) is 10.9. The number of carbonyl (C=O) groups is 1. The number of amides is 1. The lowest BCUT2D eigenvalue weighted by Gasteiger charge is -2.04. The van der Waals surface area contributed by atoms with Crippen LogP contribution in [0.5, 0.6) is 0 Å². The molecule has 19 heavy (non-hydrogen) atoms. The molecular formula is C13H17N3O3. The third-order valence-electron chi connectivity index (χ3n) is 2.62. The van der Waals surface area contributed by atoms with Gasteiger partial charge in [-0.05, 0) is 32.0 Å². The Morgan fingerprint density at radius 3 is 3.05 bits per heavy atom. The molecule has 1 heterocycles. The lowest BCUT2D eigenvalue weighted by molar-refractivity contribution is -0.120. The van der Waals surface area contributed by atoms with Gasteiger partial charge in [-0.3, -0.25) is 4.79 Å². The number of rotatable bonds is 5. The van der Waals surface area contributed by atoms with E-state index in [1.807, 2.05) is 6.92 Å². The van der Waals surface area contributed by atoms with Gasteiger partial charge in [0.25, 0.3) is 0 Å². The van der Waals surface area contributed by atoms with Crippen molar-refractivity contribution >= 4 is 22.6 Å². The molecule has 3 N–H and O–H groups in total. The Hall–Kier alpha value is -1.92. The number of aromatic amines is 1. The molecule has 0 radical (unpaired) electrons. The number of H-pyrrole nitrogens is 1. The highest BCUT2D eigenvalue weighted by Crippen LogP contribution is 2.19. The molecule has 1 unspecified atom stereocenters. The van der Waals surface area contributed by atoms with Crippen molar-refractivity contribution in [3.63, 3.8) is 0 Å². The number of aliphatic hydroxyl groups is 1. The molecule has 0 bridgehead atoms. The van der Waals surface area contributed by atoms with E-state index in [-0.39, 0.29) is 12.5 Å². The fourth-order valence-corrected chi connectivity index (χ4v) is 1.70. The highest BCUT2D eigenvalue weighted by atomic mass is 16.5. The second-order valence-electron chi connectivity index (χ2n) is 4.22. The van der Waals surface area contributed by atoms with Gasteiger partial charge in [0.1, 0.15) is 18.5 Å². The number of aliphatic hydroxyl groups excluding tert-OH is 1. The van der Waals surface area contributed by atoms with Gasteiger partial charge in [-0.1, -0.05) is 0 Å². The summed E-state index contributed by atoms with van der Waals surface area (Å²) in [5.74, 6) is 0.309. The number of nitrogens with zero attached hydrogens (tertiary/aromatic N) is 1. The number of aromatic nitrogens is 2. The Bertz CT molecular complexity index is 578. The van der Waals surface area contributed by atoms with Crippen LogP contribution in [0, 0.1) is 0 Å². The predicted octanol–water partition coefficient (Wildman–Crippen LogP) is 1.59. The monoisotopic (exact) mass is 263 g/mol. The van der Waals surface area contributed by atoms with E-state index in [1.54, 1.807) is 25.1 Å². The van der Waals surface area contributed by atoms with Gasteiger partial charge in [0.15, 0.2) is 0 Å². The molecule has 1 aromatic heterocycles. The molecule has 0 fully saturated rings. The summed E-state index contributed by atoms with van der Waals surface area (Å²) in [5, 5.41) is 12.2. The molecule has 2 aromatic rings. The van der Waals surface area contributed by atoms with Gasteiger partial charge >= 0.3 is 0 Å². The number of imidazole rings is 1. The highest BCUT2D eigenvalue weighted by molar-refractivity contribution is 5.93. The Kier molecular flexibility index (Phi) is 4.13. The Labute approximate surface area is 110 Å². The number of anilines is 1. The molecule has 2 rings (SSSR count). The summed E-state index contributed by atoms with van der Waals surface area (Å²) >= 11 is 0. The van der Waals surface area contributed by atoms with Crippen LogP contribution in [0.25, 0.3) is 11.0 Å². The first-order valence-corrected chi connectivity index (χ1v) is 6.15. The van der Waals surface area contributed by atoms with Crippen molar-refractivity contribution < 1.29 is 14.6 Å². The van der Waals surface area contributed by atoms with E-state index in [1.165, 1.54) is 0 Å². The van der Waals surface area contributed by atoms with Crippen LogP contribution in [0.4, 0.5) is 5.69 Å². The van der Waals surface area contributed by atoms with Crippen LogP contribution >= 0.6 is 0 Å². The minimum absolute atomic E-state index is 0.0381. The number of benzene rings is 1. The first-order valence-electron chi connectivity index (χ1n) is 6.15. The van der Waals surface area contributed by atoms with Crippen molar-refractivity contribution in [2.45, 2.75) is 20.0 Å². The lowest BCUT2D eigenvalue weighted by Crippen LogP contribution is -2.18. The van der Waals surface area contributed by atoms with Gasteiger partial charge in [-0.25, -0.2) is 4.98 Å². The summed E-state index contributed by atoms with van der Waals surface area (Å²) in [5.41, 5.74) is 2.18. The number of hydrogen-bond acceptors (Lipinski definition) is 4. The van der Waals surface area contributed by atoms with Gasteiger partial charge < -0.3 is 20.1 Å². The standard InChI is InChI=1S/C13H17N3O3/c1-3-19-7-12(18)14-9-4-5-10-11(6-9)16-13(15-10)8(2)17/h4-6,8,17H,3,7H2,1-2H3,(H,14,18)(H,15,16). The van der Waals surface area contributed by atoms with E-state index in [0.29, 0.717) is 18.1 Å². The normalized spacial score (nSPS) is 12.6. The number of ether oxygens (including phenoxy) is 1. The molecule has 102 valence electrons.